The molecule has 0 fully saturated rings. The number of rotatable bonds is 10. The molecule has 0 atom stereocenters. The van der Waals surface area contributed by atoms with Crippen molar-refractivity contribution < 1.29 is 45.4 Å². The lowest BCUT2D eigenvalue weighted by Gasteiger charge is -2.27. The Morgan fingerprint density at radius 2 is 1.52 bits per heavy atom. The van der Waals surface area contributed by atoms with E-state index in [1.807, 2.05) is 6.07 Å². The van der Waals surface area contributed by atoms with E-state index in [0.29, 0.717) is 10.4 Å². The highest BCUT2D eigenvalue weighted by atomic mass is 32.2. The first kappa shape index (κ1) is 33.9. The highest BCUT2D eigenvalue weighted by molar-refractivity contribution is 7.92. The topological polar surface area (TPSA) is 122 Å². The van der Waals surface area contributed by atoms with Crippen molar-refractivity contribution in [3.63, 3.8) is 0 Å². The number of benzene rings is 3. The van der Waals surface area contributed by atoms with Crippen molar-refractivity contribution in [3.05, 3.63) is 90.0 Å². The molecular formula is C30H32F3N3O7S. The number of esters is 1. The molecule has 0 aliphatic heterocycles. The number of sulfonamides is 1. The van der Waals surface area contributed by atoms with Gasteiger partial charge in [0.05, 0.1) is 16.1 Å². The number of nitrogens with zero attached hydrogens (tertiary/aromatic N) is 2. The third-order valence-electron chi connectivity index (χ3n) is 5.76. The predicted octanol–water partition coefficient (Wildman–Crippen LogP) is 5.45. The summed E-state index contributed by atoms with van der Waals surface area (Å²) in [7, 11) is -3.32. The third kappa shape index (κ3) is 9.73. The maximum Gasteiger partial charge on any atom is 0.416 e. The normalized spacial score (nSPS) is 11.8. The largest absolute Gasteiger partial charge is 0.459 e. The predicted molar refractivity (Wildman–Crippen MR) is 156 cm³/mol. The van der Waals surface area contributed by atoms with Gasteiger partial charge in [0.25, 0.3) is 10.0 Å². The Bertz CT molecular complexity index is 1590. The molecule has 0 bridgehead atoms. The minimum Gasteiger partial charge on any atom is -0.459 e. The standard InChI is InChI=1S/C30H32F3N3O7S/c1-29(2,3)43-27(38)19-36(24-14-8-12-22(16-24)30(31,32)33)44(40,41)25-15-9-13-23(17-25)34-26(37)18-35(4)28(39)42-20-21-10-6-5-7-11-21/h5-17H,18-20H2,1-4H3,(H,34,37). The molecular weight excluding hydrogens is 603 g/mol. The molecule has 3 aromatic carbocycles. The summed E-state index contributed by atoms with van der Waals surface area (Å²) in [6, 6.07) is 17.4. The van der Waals surface area contributed by atoms with Crippen LogP contribution in [0.4, 0.5) is 29.3 Å². The fraction of sp³-hybridized carbons (Fsp3) is 0.300. The number of hydrogen-bond acceptors (Lipinski definition) is 7. The van der Waals surface area contributed by atoms with E-state index in [1.165, 1.54) is 19.2 Å². The summed E-state index contributed by atoms with van der Waals surface area (Å²) in [6.45, 7) is 3.31. The minimum atomic E-state index is -4.78. The second-order valence-corrected chi connectivity index (χ2v) is 12.5. The summed E-state index contributed by atoms with van der Waals surface area (Å²) in [4.78, 5) is 38.2. The Morgan fingerprint density at radius 3 is 2.16 bits per heavy atom. The van der Waals surface area contributed by atoms with Gasteiger partial charge in [-0.25, -0.2) is 13.2 Å². The fourth-order valence-corrected chi connectivity index (χ4v) is 5.26. The summed E-state index contributed by atoms with van der Waals surface area (Å²) in [6.07, 6.45) is -5.54. The third-order valence-corrected chi connectivity index (χ3v) is 7.53. The van der Waals surface area contributed by atoms with E-state index in [9.17, 15) is 36.0 Å². The lowest BCUT2D eigenvalue weighted by molar-refractivity contribution is -0.152. The number of halogens is 3. The Labute approximate surface area is 253 Å². The van der Waals surface area contributed by atoms with Gasteiger partial charge in [0.2, 0.25) is 5.91 Å². The van der Waals surface area contributed by atoms with Crippen molar-refractivity contribution in [2.75, 3.05) is 29.8 Å². The molecule has 44 heavy (non-hydrogen) atoms. The van der Waals surface area contributed by atoms with Crippen molar-refractivity contribution in [1.29, 1.82) is 0 Å². The molecule has 0 aliphatic carbocycles. The summed E-state index contributed by atoms with van der Waals surface area (Å²) >= 11 is 0. The van der Waals surface area contributed by atoms with E-state index in [4.69, 9.17) is 9.47 Å². The van der Waals surface area contributed by atoms with E-state index in [2.05, 4.69) is 5.32 Å². The highest BCUT2D eigenvalue weighted by Gasteiger charge is 2.34. The van der Waals surface area contributed by atoms with Crippen LogP contribution >= 0.6 is 0 Å². The molecule has 0 aliphatic rings. The Hall–Kier alpha value is -4.59. The van der Waals surface area contributed by atoms with E-state index in [-0.39, 0.29) is 12.3 Å². The van der Waals surface area contributed by atoms with Gasteiger partial charge < -0.3 is 19.7 Å². The van der Waals surface area contributed by atoms with Crippen LogP contribution in [0.3, 0.4) is 0 Å². The zero-order chi connectivity index (χ0) is 32.7. The van der Waals surface area contributed by atoms with Crippen molar-refractivity contribution >= 4 is 39.4 Å². The molecule has 0 spiro atoms. The molecule has 0 saturated heterocycles. The van der Waals surface area contributed by atoms with Crippen LogP contribution in [0.15, 0.2) is 83.8 Å². The molecule has 0 aromatic heterocycles. The zero-order valence-corrected chi connectivity index (χ0v) is 25.2. The second kappa shape index (κ2) is 13.8. The molecule has 2 amide bonds. The summed E-state index contributed by atoms with van der Waals surface area (Å²) < 4.78 is 78.7. The number of anilines is 2. The van der Waals surface area contributed by atoms with Gasteiger partial charge in [-0.15, -0.1) is 0 Å². The van der Waals surface area contributed by atoms with Crippen LogP contribution in [0, 0.1) is 0 Å². The number of carbonyl (C=O) groups is 3. The van der Waals surface area contributed by atoms with E-state index < -0.39 is 69.0 Å². The molecule has 1 N–H and O–H groups in total. The molecule has 236 valence electrons. The lowest BCUT2D eigenvalue weighted by Crippen LogP contribution is -2.39. The maximum atomic E-state index is 13.7. The molecule has 3 aromatic rings. The van der Waals surface area contributed by atoms with E-state index >= 15 is 0 Å². The summed E-state index contributed by atoms with van der Waals surface area (Å²) in [5.74, 6) is -1.67. The number of amides is 2. The number of nitrogens with one attached hydrogen (secondary N) is 1. The van der Waals surface area contributed by atoms with Crippen LogP contribution in [-0.4, -0.2) is 57.0 Å². The van der Waals surface area contributed by atoms with E-state index in [0.717, 1.165) is 40.8 Å². The number of carbonyl (C=O) groups excluding carboxylic acids is 3. The first-order valence-corrected chi connectivity index (χ1v) is 14.6. The van der Waals surface area contributed by atoms with Crippen LogP contribution in [0.2, 0.25) is 0 Å². The number of hydrogen-bond donors (Lipinski definition) is 1. The van der Waals surface area contributed by atoms with Crippen LogP contribution < -0.4 is 9.62 Å². The van der Waals surface area contributed by atoms with Gasteiger partial charge in [-0.3, -0.25) is 13.9 Å². The average Bonchev–Trinajstić information content (AvgIpc) is 2.94. The van der Waals surface area contributed by atoms with E-state index in [1.54, 1.807) is 45.0 Å². The van der Waals surface area contributed by atoms with Crippen molar-refractivity contribution in [2.45, 2.75) is 44.1 Å². The fourth-order valence-electron chi connectivity index (χ4n) is 3.81. The monoisotopic (exact) mass is 635 g/mol. The molecule has 0 unspecified atom stereocenters. The first-order valence-electron chi connectivity index (χ1n) is 13.2. The van der Waals surface area contributed by atoms with Crippen LogP contribution in [0.25, 0.3) is 0 Å². The van der Waals surface area contributed by atoms with Crippen LogP contribution in [0.5, 0.6) is 0 Å². The van der Waals surface area contributed by atoms with Gasteiger partial charge in [0.1, 0.15) is 25.3 Å². The van der Waals surface area contributed by atoms with Crippen molar-refractivity contribution in [1.82, 2.24) is 4.90 Å². The van der Waals surface area contributed by atoms with Gasteiger partial charge in [-0.1, -0.05) is 42.5 Å². The minimum absolute atomic E-state index is 0.00277. The Morgan fingerprint density at radius 1 is 0.864 bits per heavy atom. The molecule has 3 rings (SSSR count). The summed E-state index contributed by atoms with van der Waals surface area (Å²) in [5.41, 5.74) is -1.76. The summed E-state index contributed by atoms with van der Waals surface area (Å²) in [5, 5.41) is 2.48. The molecule has 0 heterocycles. The molecule has 10 nitrogen and oxygen atoms in total. The van der Waals surface area contributed by atoms with Gasteiger partial charge in [-0.05, 0) is 62.7 Å². The second-order valence-electron chi connectivity index (χ2n) is 10.6. The lowest BCUT2D eigenvalue weighted by atomic mass is 10.2. The Kier molecular flexibility index (Phi) is 10.6. The average molecular weight is 636 g/mol. The SMILES string of the molecule is CN(CC(=O)Nc1cccc(S(=O)(=O)N(CC(=O)OC(C)(C)C)c2cccc(C(F)(F)F)c2)c1)C(=O)OCc1ccccc1. The zero-order valence-electron chi connectivity index (χ0n) is 24.4. The van der Waals surface area contributed by atoms with Crippen LogP contribution in [-0.2, 0) is 41.9 Å². The van der Waals surface area contributed by atoms with Gasteiger partial charge in [-0.2, -0.15) is 13.2 Å². The van der Waals surface area contributed by atoms with Gasteiger partial charge in [0, 0.05) is 12.7 Å². The highest BCUT2D eigenvalue weighted by Crippen LogP contribution is 2.33. The number of likely N-dealkylation sites (N-methyl/N-ethyl adjacent to an activating group) is 1. The number of ether oxygens (including phenoxy) is 2. The quantitative estimate of drug-likeness (QED) is 0.294. The molecule has 14 heteroatoms. The first-order chi connectivity index (χ1) is 20.5. The van der Waals surface area contributed by atoms with Crippen LogP contribution in [0.1, 0.15) is 31.9 Å². The Balaban J connectivity index is 1.81. The van der Waals surface area contributed by atoms with Crippen molar-refractivity contribution in [3.8, 4) is 0 Å². The van der Waals surface area contributed by atoms with Crippen molar-refractivity contribution in [2.24, 2.45) is 0 Å². The smallest absolute Gasteiger partial charge is 0.416 e. The molecule has 0 radical (unpaired) electrons. The number of alkyl halides is 3. The molecule has 0 saturated carbocycles. The van der Waals surface area contributed by atoms with Gasteiger partial charge >= 0.3 is 18.2 Å². The van der Waals surface area contributed by atoms with Gasteiger partial charge in [0.15, 0.2) is 0 Å². The maximum absolute atomic E-state index is 13.7.